The number of fused-ring (bicyclic) bond motifs is 12. The van der Waals surface area contributed by atoms with Crippen LogP contribution in [0.5, 0.6) is 23.0 Å². The van der Waals surface area contributed by atoms with Crippen LogP contribution in [0.25, 0.3) is 54.9 Å². The SMILES string of the molecule is c1ccc([Si]2(c3ccccc3)c3ccccc3Oc3c2ccc2c4ccc(Oc5ccc6c7ccccc7n7ccnc7c6c5)cc4n(-c4ccccn4)c32)cc1. The van der Waals surface area contributed by atoms with Gasteiger partial charge in [-0.25, -0.2) is 9.97 Å². The Kier molecular flexibility index (Phi) is 6.85. The van der Waals surface area contributed by atoms with Crippen LogP contribution < -0.4 is 30.2 Å². The molecule has 0 unspecified atom stereocenters. The summed E-state index contributed by atoms with van der Waals surface area (Å²) in [6, 6.07) is 62.3. The Morgan fingerprint density at radius 2 is 1.18 bits per heavy atom. The number of pyridine rings is 2. The fourth-order valence-electron chi connectivity index (χ4n) is 9.28. The normalized spacial score (nSPS) is 13.2. The molecule has 7 aromatic carbocycles. The van der Waals surface area contributed by atoms with Crippen molar-refractivity contribution in [3.05, 3.63) is 195 Å². The zero-order chi connectivity index (χ0) is 37.5. The zero-order valence-corrected chi connectivity index (χ0v) is 31.6. The second kappa shape index (κ2) is 12.3. The monoisotopic (exact) mass is 748 g/mol. The van der Waals surface area contributed by atoms with Gasteiger partial charge in [0.2, 0.25) is 0 Å². The molecule has 0 bridgehead atoms. The molecular formula is C50H32N4O2Si. The molecule has 268 valence electrons. The molecular weight excluding hydrogens is 717 g/mol. The van der Waals surface area contributed by atoms with Gasteiger partial charge >= 0.3 is 0 Å². The van der Waals surface area contributed by atoms with Gasteiger partial charge < -0.3 is 9.47 Å². The first-order valence-electron chi connectivity index (χ1n) is 19.1. The Morgan fingerprint density at radius 1 is 0.491 bits per heavy atom. The van der Waals surface area contributed by atoms with Gasteiger partial charge in [0.05, 0.1) is 16.6 Å². The first kappa shape index (κ1) is 31.8. The second-order valence-corrected chi connectivity index (χ2v) is 18.3. The molecule has 6 nitrogen and oxygen atoms in total. The predicted molar refractivity (Wildman–Crippen MR) is 233 cm³/mol. The lowest BCUT2D eigenvalue weighted by Crippen LogP contribution is -2.76. The first-order valence-corrected chi connectivity index (χ1v) is 21.1. The molecule has 0 saturated carbocycles. The van der Waals surface area contributed by atoms with Crippen LogP contribution >= 0.6 is 0 Å². The lowest BCUT2D eigenvalue weighted by atomic mass is 10.1. The van der Waals surface area contributed by atoms with E-state index >= 15 is 0 Å². The maximum absolute atomic E-state index is 7.15. The maximum Gasteiger partial charge on any atom is 0.188 e. The van der Waals surface area contributed by atoms with Gasteiger partial charge in [-0.15, -0.1) is 0 Å². The minimum atomic E-state index is -2.87. The molecule has 4 aromatic heterocycles. The van der Waals surface area contributed by atoms with Crippen molar-refractivity contribution in [1.82, 2.24) is 18.9 Å². The van der Waals surface area contributed by atoms with Crippen molar-refractivity contribution in [1.29, 1.82) is 0 Å². The summed E-state index contributed by atoms with van der Waals surface area (Å²) in [4.78, 5) is 9.67. The van der Waals surface area contributed by atoms with E-state index in [1.54, 1.807) is 0 Å². The number of nitrogens with zero attached hydrogens (tertiary/aromatic N) is 4. The molecule has 0 saturated heterocycles. The quantitative estimate of drug-likeness (QED) is 0.130. The van der Waals surface area contributed by atoms with E-state index in [1.807, 2.05) is 36.8 Å². The fraction of sp³-hybridized carbons (Fsp3) is 0. The highest BCUT2D eigenvalue weighted by molar-refractivity contribution is 7.20. The number of hydrogen-bond donors (Lipinski definition) is 0. The molecule has 5 heterocycles. The van der Waals surface area contributed by atoms with E-state index in [9.17, 15) is 0 Å². The largest absolute Gasteiger partial charge is 0.457 e. The van der Waals surface area contributed by atoms with E-state index < -0.39 is 8.07 Å². The molecule has 0 amide bonds. The van der Waals surface area contributed by atoms with Crippen LogP contribution in [-0.4, -0.2) is 27.0 Å². The number of aromatic nitrogens is 4. The molecule has 11 aromatic rings. The lowest BCUT2D eigenvalue weighted by Gasteiger charge is -2.39. The Labute approximate surface area is 328 Å². The van der Waals surface area contributed by atoms with Crippen molar-refractivity contribution >= 4 is 77.9 Å². The topological polar surface area (TPSA) is 53.6 Å². The Hall–Kier alpha value is -7.48. The molecule has 7 heteroatoms. The number of imidazole rings is 1. The summed E-state index contributed by atoms with van der Waals surface area (Å²) in [5.41, 5.74) is 3.99. The van der Waals surface area contributed by atoms with Crippen LogP contribution in [0, 0.1) is 0 Å². The summed E-state index contributed by atoms with van der Waals surface area (Å²) in [5, 5.41) is 10.6. The number of benzene rings is 7. The van der Waals surface area contributed by atoms with Crippen molar-refractivity contribution in [2.75, 3.05) is 0 Å². The van der Waals surface area contributed by atoms with Crippen LogP contribution in [-0.2, 0) is 0 Å². The van der Waals surface area contributed by atoms with Crippen molar-refractivity contribution in [3.8, 4) is 28.8 Å². The third-order valence-electron chi connectivity index (χ3n) is 11.6. The molecule has 1 aliphatic rings. The first-order chi connectivity index (χ1) is 28.3. The zero-order valence-electron chi connectivity index (χ0n) is 30.6. The highest BCUT2D eigenvalue weighted by Gasteiger charge is 2.48. The fourth-order valence-corrected chi connectivity index (χ4v) is 14.2. The van der Waals surface area contributed by atoms with Gasteiger partial charge in [-0.1, -0.05) is 115 Å². The molecule has 12 rings (SSSR count). The smallest absolute Gasteiger partial charge is 0.188 e. The molecule has 0 N–H and O–H groups in total. The highest BCUT2D eigenvalue weighted by Crippen LogP contribution is 2.42. The number of rotatable bonds is 5. The van der Waals surface area contributed by atoms with Crippen molar-refractivity contribution in [2.24, 2.45) is 0 Å². The average molecular weight is 749 g/mol. The second-order valence-electron chi connectivity index (χ2n) is 14.6. The van der Waals surface area contributed by atoms with Crippen LogP contribution in [0.4, 0.5) is 0 Å². The van der Waals surface area contributed by atoms with Gasteiger partial charge in [-0.05, 0) is 80.7 Å². The van der Waals surface area contributed by atoms with Crippen LogP contribution in [0.1, 0.15) is 0 Å². The van der Waals surface area contributed by atoms with Crippen molar-refractivity contribution in [2.45, 2.75) is 0 Å². The standard InChI is InChI=1S/C50H32N4O2Si/c1-3-13-35(14-4-1)57(36-15-5-2-6-16-36)45-20-10-9-19-44(45)56-49-46(57)27-26-40-39-25-23-34(32-43(39)54(48(40)49)47-21-11-12-28-51-47)55-33-22-24-37-38-17-7-8-18-42(38)53-30-29-52-50(53)41(37)31-33/h1-32H. The van der Waals surface area contributed by atoms with E-state index in [1.165, 1.54) is 26.1 Å². The molecule has 0 spiro atoms. The lowest BCUT2D eigenvalue weighted by molar-refractivity contribution is 0.484. The van der Waals surface area contributed by atoms with Crippen LogP contribution in [0.2, 0.25) is 0 Å². The Morgan fingerprint density at radius 3 is 1.98 bits per heavy atom. The predicted octanol–water partition coefficient (Wildman–Crippen LogP) is 9.41. The summed E-state index contributed by atoms with van der Waals surface area (Å²) in [6.07, 6.45) is 5.72. The summed E-state index contributed by atoms with van der Waals surface area (Å²) in [7, 11) is -2.87. The van der Waals surface area contributed by atoms with E-state index in [-0.39, 0.29) is 0 Å². The third kappa shape index (κ3) is 4.57. The maximum atomic E-state index is 7.15. The van der Waals surface area contributed by atoms with Gasteiger partial charge in [0, 0.05) is 46.2 Å². The van der Waals surface area contributed by atoms with Gasteiger partial charge in [0.25, 0.3) is 0 Å². The van der Waals surface area contributed by atoms with E-state index in [4.69, 9.17) is 19.4 Å². The summed E-state index contributed by atoms with van der Waals surface area (Å²) in [6.45, 7) is 0. The van der Waals surface area contributed by atoms with E-state index in [2.05, 4.69) is 167 Å². The number of hydrogen-bond acceptors (Lipinski definition) is 4. The number of ether oxygens (including phenoxy) is 2. The van der Waals surface area contributed by atoms with Crippen molar-refractivity contribution in [3.63, 3.8) is 0 Å². The summed E-state index contributed by atoms with van der Waals surface area (Å²) in [5.74, 6) is 4.01. The number of para-hydroxylation sites is 2. The molecule has 1 aliphatic heterocycles. The Balaban J connectivity index is 1.10. The minimum absolute atomic E-state index is 0.722. The van der Waals surface area contributed by atoms with E-state index in [0.29, 0.717) is 0 Å². The third-order valence-corrected chi connectivity index (χ3v) is 16.4. The van der Waals surface area contributed by atoms with E-state index in [0.717, 1.165) is 72.6 Å². The minimum Gasteiger partial charge on any atom is -0.457 e. The molecule has 0 fully saturated rings. The summed E-state index contributed by atoms with van der Waals surface area (Å²) < 4.78 is 18.3. The average Bonchev–Trinajstić information content (AvgIpc) is 3.91. The van der Waals surface area contributed by atoms with Gasteiger partial charge in [0.1, 0.15) is 28.7 Å². The summed E-state index contributed by atoms with van der Waals surface area (Å²) >= 11 is 0. The van der Waals surface area contributed by atoms with Crippen molar-refractivity contribution < 1.29 is 9.47 Å². The molecule has 57 heavy (non-hydrogen) atoms. The van der Waals surface area contributed by atoms with Gasteiger partial charge in [0.15, 0.2) is 13.8 Å². The van der Waals surface area contributed by atoms with Gasteiger partial charge in [-0.3, -0.25) is 8.97 Å². The highest BCUT2D eigenvalue weighted by atomic mass is 28.3. The molecule has 0 radical (unpaired) electrons. The van der Waals surface area contributed by atoms with Gasteiger partial charge in [-0.2, -0.15) is 0 Å². The Bertz CT molecular complexity index is 3320. The molecule has 0 aliphatic carbocycles. The van der Waals surface area contributed by atoms with Crippen LogP contribution in [0.3, 0.4) is 0 Å². The molecule has 0 atom stereocenters. The van der Waals surface area contributed by atoms with Crippen LogP contribution in [0.15, 0.2) is 195 Å².